The fourth-order valence-corrected chi connectivity index (χ4v) is 6.07. The van der Waals surface area contributed by atoms with E-state index in [2.05, 4.69) is 42.5 Å². The molecule has 1 aliphatic carbocycles. The molecule has 2 bridgehead atoms. The van der Waals surface area contributed by atoms with Gasteiger partial charge >= 0.3 is 6.09 Å². The standard InChI is InChI=1S/C30H28FNO3/c1-34-22-13-14-23(29(31)17-22)19-15-20-7-6-8-21(16-19)32(20)30(33)35-18-28-26-11-4-2-9-24(26)25-10-3-5-12-27(25)28/h2-5,9-15,17,20-21,28H,6-8,16,18H2,1H3. The summed E-state index contributed by atoms with van der Waals surface area (Å²) in [6, 6.07) is 21.6. The van der Waals surface area contributed by atoms with E-state index in [1.54, 1.807) is 12.1 Å². The van der Waals surface area contributed by atoms with E-state index in [1.165, 1.54) is 35.4 Å². The molecule has 0 spiro atoms. The Bertz CT molecular complexity index is 1270. The van der Waals surface area contributed by atoms with Crippen LogP contribution in [0.2, 0.25) is 0 Å². The van der Waals surface area contributed by atoms with Gasteiger partial charge in [0.25, 0.3) is 0 Å². The third kappa shape index (κ3) is 3.79. The lowest BCUT2D eigenvalue weighted by atomic mass is 9.83. The second kappa shape index (κ2) is 8.88. The summed E-state index contributed by atoms with van der Waals surface area (Å²) in [5, 5.41) is 0. The summed E-state index contributed by atoms with van der Waals surface area (Å²) in [7, 11) is 1.53. The summed E-state index contributed by atoms with van der Waals surface area (Å²) in [6.45, 7) is 0.312. The molecule has 0 aromatic heterocycles. The van der Waals surface area contributed by atoms with Crippen LogP contribution >= 0.6 is 0 Å². The molecule has 6 rings (SSSR count). The smallest absolute Gasteiger partial charge is 0.410 e. The van der Waals surface area contributed by atoms with Gasteiger partial charge in [0.1, 0.15) is 18.2 Å². The first-order valence-corrected chi connectivity index (χ1v) is 12.3. The molecule has 0 saturated carbocycles. The maximum Gasteiger partial charge on any atom is 0.410 e. The Morgan fingerprint density at radius 3 is 2.34 bits per heavy atom. The van der Waals surface area contributed by atoms with Crippen LogP contribution in [-0.2, 0) is 4.74 Å². The average molecular weight is 470 g/mol. The molecule has 1 fully saturated rings. The van der Waals surface area contributed by atoms with Gasteiger partial charge in [-0.15, -0.1) is 0 Å². The van der Waals surface area contributed by atoms with Gasteiger partial charge < -0.3 is 9.47 Å². The molecule has 2 aliphatic heterocycles. The van der Waals surface area contributed by atoms with E-state index in [-0.39, 0.29) is 29.9 Å². The highest BCUT2D eigenvalue weighted by Crippen LogP contribution is 2.45. The number of piperidine rings is 1. The average Bonchev–Trinajstić information content (AvgIpc) is 3.20. The maximum absolute atomic E-state index is 14.8. The van der Waals surface area contributed by atoms with Gasteiger partial charge in [-0.25, -0.2) is 9.18 Å². The molecular formula is C30H28FNO3. The fraction of sp³-hybridized carbons (Fsp3) is 0.300. The number of halogens is 1. The number of methoxy groups -OCH3 is 1. The number of hydrogen-bond acceptors (Lipinski definition) is 3. The summed E-state index contributed by atoms with van der Waals surface area (Å²) < 4.78 is 25.9. The highest BCUT2D eigenvalue weighted by atomic mass is 19.1. The molecule has 2 heterocycles. The van der Waals surface area contributed by atoms with Crippen molar-refractivity contribution in [3.8, 4) is 16.9 Å². The third-order valence-electron chi connectivity index (χ3n) is 7.71. The molecule has 178 valence electrons. The fourth-order valence-electron chi connectivity index (χ4n) is 6.07. The van der Waals surface area contributed by atoms with Crippen LogP contribution in [0, 0.1) is 5.82 Å². The van der Waals surface area contributed by atoms with Crippen molar-refractivity contribution in [1.29, 1.82) is 0 Å². The molecule has 35 heavy (non-hydrogen) atoms. The number of carbonyl (C=O) groups is 1. The van der Waals surface area contributed by atoms with Crippen LogP contribution in [0.25, 0.3) is 16.7 Å². The van der Waals surface area contributed by atoms with Crippen LogP contribution in [0.5, 0.6) is 5.75 Å². The van der Waals surface area contributed by atoms with E-state index >= 15 is 0 Å². The summed E-state index contributed by atoms with van der Waals surface area (Å²) >= 11 is 0. The van der Waals surface area contributed by atoms with E-state index in [0.29, 0.717) is 24.3 Å². The second-order valence-electron chi connectivity index (χ2n) is 9.61. The van der Waals surface area contributed by atoms with Gasteiger partial charge in [-0.3, -0.25) is 4.90 Å². The summed E-state index contributed by atoms with van der Waals surface area (Å²) in [5.41, 5.74) is 6.40. The number of fused-ring (bicyclic) bond motifs is 5. The SMILES string of the molecule is COc1ccc(C2=CC3CCCC(C2)N3C(=O)OCC2c3ccccc3-c3ccccc32)c(F)c1. The Balaban J connectivity index is 1.22. The number of amides is 1. The number of ether oxygens (including phenoxy) is 2. The summed E-state index contributed by atoms with van der Waals surface area (Å²) in [4.78, 5) is 15.3. The highest BCUT2D eigenvalue weighted by molar-refractivity contribution is 5.79. The van der Waals surface area contributed by atoms with Gasteiger partial charge in [0.05, 0.1) is 13.2 Å². The molecule has 2 atom stereocenters. The Morgan fingerprint density at radius 2 is 1.69 bits per heavy atom. The van der Waals surface area contributed by atoms with Crippen molar-refractivity contribution in [3.05, 3.63) is 95.3 Å². The van der Waals surface area contributed by atoms with Gasteiger partial charge in [-0.1, -0.05) is 54.6 Å². The van der Waals surface area contributed by atoms with Crippen molar-refractivity contribution in [2.75, 3.05) is 13.7 Å². The van der Waals surface area contributed by atoms with Crippen LogP contribution in [0.3, 0.4) is 0 Å². The highest BCUT2D eigenvalue weighted by Gasteiger charge is 2.39. The molecule has 3 aromatic carbocycles. The van der Waals surface area contributed by atoms with Crippen molar-refractivity contribution in [2.24, 2.45) is 0 Å². The number of nitrogens with zero attached hydrogens (tertiary/aromatic N) is 1. The lowest BCUT2D eigenvalue weighted by Gasteiger charge is -2.44. The molecule has 0 radical (unpaired) electrons. The van der Waals surface area contributed by atoms with Crippen molar-refractivity contribution in [3.63, 3.8) is 0 Å². The van der Waals surface area contributed by atoms with E-state index in [4.69, 9.17) is 9.47 Å². The molecule has 4 nitrogen and oxygen atoms in total. The lowest BCUT2D eigenvalue weighted by Crippen LogP contribution is -2.52. The van der Waals surface area contributed by atoms with Gasteiger partial charge in [-0.05, 0) is 65.6 Å². The number of hydrogen-bond donors (Lipinski definition) is 0. The Morgan fingerprint density at radius 1 is 0.971 bits per heavy atom. The van der Waals surface area contributed by atoms with E-state index in [1.807, 2.05) is 17.0 Å². The number of carbonyl (C=O) groups excluding carboxylic acids is 1. The van der Waals surface area contributed by atoms with E-state index < -0.39 is 0 Å². The molecule has 2 unspecified atom stereocenters. The predicted octanol–water partition coefficient (Wildman–Crippen LogP) is 6.79. The van der Waals surface area contributed by atoms with Crippen molar-refractivity contribution < 1.29 is 18.7 Å². The Hall–Kier alpha value is -3.60. The predicted molar refractivity (Wildman–Crippen MR) is 134 cm³/mol. The van der Waals surface area contributed by atoms with Crippen LogP contribution in [0.15, 0.2) is 72.8 Å². The van der Waals surface area contributed by atoms with E-state index in [0.717, 1.165) is 24.8 Å². The van der Waals surface area contributed by atoms with Gasteiger partial charge in [0.15, 0.2) is 0 Å². The maximum atomic E-state index is 14.8. The Labute approximate surface area is 205 Å². The van der Waals surface area contributed by atoms with Crippen molar-refractivity contribution in [1.82, 2.24) is 4.90 Å². The van der Waals surface area contributed by atoms with E-state index in [9.17, 15) is 9.18 Å². The first kappa shape index (κ1) is 21.9. The molecule has 3 aliphatic rings. The zero-order valence-corrected chi connectivity index (χ0v) is 19.7. The van der Waals surface area contributed by atoms with Crippen molar-refractivity contribution in [2.45, 2.75) is 43.7 Å². The first-order valence-electron chi connectivity index (χ1n) is 12.3. The molecule has 5 heteroatoms. The molecule has 3 aromatic rings. The lowest BCUT2D eigenvalue weighted by molar-refractivity contribution is 0.0538. The first-order chi connectivity index (χ1) is 17.1. The molecule has 0 N–H and O–H groups in total. The monoisotopic (exact) mass is 469 g/mol. The molecule has 1 saturated heterocycles. The minimum absolute atomic E-state index is 0.0194. The van der Waals surface area contributed by atoms with Crippen molar-refractivity contribution >= 4 is 11.7 Å². The van der Waals surface area contributed by atoms with Crippen LogP contribution in [0.1, 0.15) is 48.3 Å². The quantitative estimate of drug-likeness (QED) is 0.422. The summed E-state index contributed by atoms with van der Waals surface area (Å²) in [5.74, 6) is 0.252. The largest absolute Gasteiger partial charge is 0.497 e. The molecule has 1 amide bonds. The minimum Gasteiger partial charge on any atom is -0.497 e. The molecular weight excluding hydrogens is 441 g/mol. The van der Waals surface area contributed by atoms with Gasteiger partial charge in [-0.2, -0.15) is 0 Å². The van der Waals surface area contributed by atoms with Crippen LogP contribution in [-0.4, -0.2) is 36.8 Å². The Kier molecular flexibility index (Phi) is 5.56. The van der Waals surface area contributed by atoms with Gasteiger partial charge in [0, 0.05) is 23.6 Å². The topological polar surface area (TPSA) is 38.8 Å². The zero-order valence-electron chi connectivity index (χ0n) is 19.7. The second-order valence-corrected chi connectivity index (χ2v) is 9.61. The third-order valence-corrected chi connectivity index (χ3v) is 7.71. The minimum atomic E-state index is -0.289. The van der Waals surface area contributed by atoms with Crippen LogP contribution in [0.4, 0.5) is 9.18 Å². The number of benzene rings is 3. The van der Waals surface area contributed by atoms with Gasteiger partial charge in [0.2, 0.25) is 0 Å². The van der Waals surface area contributed by atoms with Crippen LogP contribution < -0.4 is 4.74 Å². The zero-order chi connectivity index (χ0) is 23.9. The summed E-state index contributed by atoms with van der Waals surface area (Å²) in [6.07, 6.45) is 5.23. The number of rotatable bonds is 4. The normalized spacial score (nSPS) is 20.6.